The van der Waals surface area contributed by atoms with Crippen molar-refractivity contribution in [2.45, 2.75) is 8.13 Å². The van der Waals surface area contributed by atoms with Gasteiger partial charge in [-0.25, -0.2) is 0 Å². The smallest absolute Gasteiger partial charge is 0.225 e. The van der Waals surface area contributed by atoms with E-state index in [1.54, 1.807) is 0 Å². The van der Waals surface area contributed by atoms with Gasteiger partial charge in [0.25, 0.3) is 0 Å². The van der Waals surface area contributed by atoms with Crippen molar-refractivity contribution in [3.63, 3.8) is 0 Å². The highest BCUT2D eigenvalue weighted by molar-refractivity contribution is 6.75. The molecule has 0 aromatic carbocycles. The molecule has 0 radical (unpaired) electrons. The third-order valence-electron chi connectivity index (χ3n) is 0.613. The van der Waals surface area contributed by atoms with E-state index in [2.05, 4.69) is 0 Å². The number of aliphatic hydroxyl groups excluding tert-OH is 1. The van der Waals surface area contributed by atoms with Gasteiger partial charge in [-0.05, 0) is 0 Å². The van der Waals surface area contributed by atoms with Crippen molar-refractivity contribution in [3.05, 3.63) is 0 Å². The summed E-state index contributed by atoms with van der Waals surface area (Å²) in [6, 6.07) is 0. The van der Waals surface area contributed by atoms with Crippen LogP contribution in [0.5, 0.6) is 0 Å². The van der Waals surface area contributed by atoms with Crippen LogP contribution in [0.3, 0.4) is 0 Å². The summed E-state index contributed by atoms with van der Waals surface area (Å²) in [6.07, 6.45) is 0. The van der Waals surface area contributed by atoms with Crippen molar-refractivity contribution in [3.8, 4) is 0 Å². The average molecular weight is 232 g/mol. The molecule has 1 N–H and O–H groups in total. The lowest BCUT2D eigenvalue weighted by Gasteiger charge is -2.24. The fraction of sp³-hybridized carbons (Fsp3) is 1.00. The zero-order chi connectivity index (χ0) is 7.71. The molecule has 0 unspecified atom stereocenters. The molecular weight excluding hydrogens is 229 g/mol. The van der Waals surface area contributed by atoms with Crippen LogP contribution in [0, 0.1) is 0 Å². The molecule has 0 rings (SSSR count). The topological polar surface area (TPSA) is 20.2 Å². The van der Waals surface area contributed by atoms with Gasteiger partial charge in [0, 0.05) is 0 Å². The van der Waals surface area contributed by atoms with Crippen LogP contribution < -0.4 is 0 Å². The van der Waals surface area contributed by atoms with Crippen molar-refractivity contribution in [2.24, 2.45) is 0 Å². The van der Waals surface area contributed by atoms with Crippen molar-refractivity contribution in [1.82, 2.24) is 0 Å². The first-order valence-electron chi connectivity index (χ1n) is 1.86. The Morgan fingerprint density at radius 3 is 1.33 bits per heavy atom. The molecule has 0 bridgehead atoms. The number of halogens is 5. The lowest BCUT2D eigenvalue weighted by atomic mass is 10.5. The highest BCUT2D eigenvalue weighted by Crippen LogP contribution is 2.45. The van der Waals surface area contributed by atoms with E-state index < -0.39 is 14.7 Å². The molecule has 0 spiro atoms. The van der Waals surface area contributed by atoms with Crippen LogP contribution in [-0.4, -0.2) is 19.8 Å². The van der Waals surface area contributed by atoms with E-state index in [0.717, 1.165) is 0 Å². The number of hydrogen-bond acceptors (Lipinski definition) is 1. The summed E-state index contributed by atoms with van der Waals surface area (Å²) in [6.45, 7) is -0.605. The Bertz CT molecular complexity index is 94.9. The quantitative estimate of drug-likeness (QED) is 0.689. The highest BCUT2D eigenvalue weighted by atomic mass is 35.6. The van der Waals surface area contributed by atoms with E-state index in [9.17, 15) is 0 Å². The van der Waals surface area contributed by atoms with Crippen LogP contribution in [0.2, 0.25) is 0 Å². The van der Waals surface area contributed by atoms with E-state index in [4.69, 9.17) is 63.1 Å². The fourth-order valence-corrected chi connectivity index (χ4v) is 0.269. The minimum atomic E-state index is -1.86. The summed E-state index contributed by atoms with van der Waals surface area (Å²) in [7, 11) is 0. The Labute approximate surface area is 77.8 Å². The molecule has 0 aromatic rings. The van der Waals surface area contributed by atoms with E-state index in [0.29, 0.717) is 0 Å². The average Bonchev–Trinajstić information content (AvgIpc) is 1.64. The van der Waals surface area contributed by atoms with Gasteiger partial charge in [-0.3, -0.25) is 0 Å². The summed E-state index contributed by atoms with van der Waals surface area (Å²) in [5, 5.41) is 8.41. The van der Waals surface area contributed by atoms with Crippen molar-refractivity contribution in [1.29, 1.82) is 0 Å². The Kier molecular flexibility index (Phi) is 3.71. The summed E-state index contributed by atoms with van der Waals surface area (Å²) in [5.41, 5.74) is 0. The maximum Gasteiger partial charge on any atom is 0.225 e. The predicted octanol–water partition coefficient (Wildman–Crippen LogP) is 2.52. The van der Waals surface area contributed by atoms with E-state index in [1.165, 1.54) is 0 Å². The first-order valence-corrected chi connectivity index (χ1v) is 3.75. The molecule has 56 valence electrons. The van der Waals surface area contributed by atoms with Crippen LogP contribution in [0.1, 0.15) is 0 Å². The second-order valence-corrected chi connectivity index (χ2v) is 5.13. The van der Waals surface area contributed by atoms with Gasteiger partial charge in [-0.1, -0.05) is 58.0 Å². The monoisotopic (exact) mass is 230 g/mol. The van der Waals surface area contributed by atoms with Gasteiger partial charge in [0.15, 0.2) is 4.33 Å². The minimum absolute atomic E-state index is 0.605. The Balaban J connectivity index is 4.14. The molecule has 0 amide bonds. The van der Waals surface area contributed by atoms with Gasteiger partial charge in [0.2, 0.25) is 3.79 Å². The molecule has 0 fully saturated rings. The van der Waals surface area contributed by atoms with Crippen LogP contribution in [-0.2, 0) is 0 Å². The molecule has 9 heavy (non-hydrogen) atoms. The van der Waals surface area contributed by atoms with Crippen LogP contribution in [0.25, 0.3) is 0 Å². The minimum Gasteiger partial charge on any atom is -0.393 e. The first-order chi connectivity index (χ1) is 3.81. The second kappa shape index (κ2) is 3.21. The number of hydrogen-bond donors (Lipinski definition) is 1. The van der Waals surface area contributed by atoms with E-state index in [-0.39, 0.29) is 0 Å². The van der Waals surface area contributed by atoms with E-state index >= 15 is 0 Å². The molecule has 0 aliphatic rings. The van der Waals surface area contributed by atoms with E-state index in [1.807, 2.05) is 0 Å². The summed E-state index contributed by atoms with van der Waals surface area (Å²) < 4.78 is -3.58. The number of alkyl halides is 5. The largest absolute Gasteiger partial charge is 0.393 e. The van der Waals surface area contributed by atoms with Gasteiger partial charge in [-0.15, -0.1) is 0 Å². The zero-order valence-electron chi connectivity index (χ0n) is 4.04. The molecular formula is C3H3Cl5O. The lowest BCUT2D eigenvalue weighted by molar-refractivity contribution is 0.280. The van der Waals surface area contributed by atoms with Gasteiger partial charge in [0.1, 0.15) is 0 Å². The van der Waals surface area contributed by atoms with Crippen LogP contribution in [0.15, 0.2) is 0 Å². The standard InChI is InChI=1S/C3H3Cl5O/c4-2(5,1-9)3(6,7)8/h9H,1H2. The molecule has 1 nitrogen and oxygen atoms in total. The molecule has 6 heteroatoms. The summed E-state index contributed by atoms with van der Waals surface area (Å²) >= 11 is 26.3. The Morgan fingerprint density at radius 1 is 1.00 bits per heavy atom. The summed E-state index contributed by atoms with van der Waals surface area (Å²) in [4.78, 5) is 0. The van der Waals surface area contributed by atoms with Crippen molar-refractivity contribution in [2.75, 3.05) is 6.61 Å². The maximum atomic E-state index is 8.41. The van der Waals surface area contributed by atoms with Crippen LogP contribution >= 0.6 is 58.0 Å². The lowest BCUT2D eigenvalue weighted by Crippen LogP contribution is -2.34. The number of rotatable bonds is 1. The third kappa shape index (κ3) is 2.87. The van der Waals surface area contributed by atoms with Crippen molar-refractivity contribution >= 4 is 58.0 Å². The van der Waals surface area contributed by atoms with Gasteiger partial charge in [0.05, 0.1) is 6.61 Å². The zero-order valence-corrected chi connectivity index (χ0v) is 7.82. The summed E-state index contributed by atoms with van der Waals surface area (Å²) in [5.74, 6) is 0. The van der Waals surface area contributed by atoms with Crippen LogP contribution in [0.4, 0.5) is 0 Å². The molecule has 0 aliphatic carbocycles. The molecule has 0 aromatic heterocycles. The highest BCUT2D eigenvalue weighted by Gasteiger charge is 2.45. The predicted molar refractivity (Wildman–Crippen MR) is 41.8 cm³/mol. The molecule has 0 aliphatic heterocycles. The number of aliphatic hydroxyl groups is 1. The fourth-order valence-electron chi connectivity index (χ4n) is 0.0896. The van der Waals surface area contributed by atoms with Crippen molar-refractivity contribution < 1.29 is 5.11 Å². The molecule has 0 saturated heterocycles. The maximum absolute atomic E-state index is 8.41. The first kappa shape index (κ1) is 10.4. The van der Waals surface area contributed by atoms with Gasteiger partial charge < -0.3 is 5.11 Å². The Hall–Kier alpha value is 1.41. The van der Waals surface area contributed by atoms with Gasteiger partial charge in [-0.2, -0.15) is 0 Å². The van der Waals surface area contributed by atoms with Gasteiger partial charge >= 0.3 is 0 Å². The molecule has 0 saturated carbocycles. The molecule has 0 heterocycles. The normalized spacial score (nSPS) is 14.0. The second-order valence-electron chi connectivity index (χ2n) is 1.36. The SMILES string of the molecule is OCC(Cl)(Cl)C(Cl)(Cl)Cl. The molecule has 0 atom stereocenters. The Morgan fingerprint density at radius 2 is 1.33 bits per heavy atom. The third-order valence-corrected chi connectivity index (χ3v) is 2.97.